The van der Waals surface area contributed by atoms with Gasteiger partial charge in [0, 0.05) is 36.8 Å². The Bertz CT molecular complexity index is 1370. The first kappa shape index (κ1) is 25.7. The molecule has 2 aromatic carbocycles. The lowest BCUT2D eigenvalue weighted by atomic mass is 10.0. The average Bonchev–Trinajstić information content (AvgIpc) is 3.59. The van der Waals surface area contributed by atoms with Crippen LogP contribution >= 0.6 is 0 Å². The molecule has 4 N–H and O–H groups in total. The maximum Gasteiger partial charge on any atom is 0.258 e. The monoisotopic (exact) mass is 527 g/mol. The van der Waals surface area contributed by atoms with Crippen molar-refractivity contribution >= 4 is 15.7 Å². The summed E-state index contributed by atoms with van der Waals surface area (Å²) in [6, 6.07) is 10.8. The number of nitrogen functional groups attached to an aromatic ring is 1. The number of aliphatic hydroxyl groups excluding tert-OH is 1. The summed E-state index contributed by atoms with van der Waals surface area (Å²) in [7, 11) is -3.48. The maximum atomic E-state index is 12.8. The Hall–Kier alpha value is -2.99. The third kappa shape index (κ3) is 5.80. The second-order valence-electron chi connectivity index (χ2n) is 9.99. The van der Waals surface area contributed by atoms with Crippen molar-refractivity contribution in [2.75, 3.05) is 31.1 Å². The Kier molecular flexibility index (Phi) is 7.21. The normalized spacial score (nSPS) is 20.0. The van der Waals surface area contributed by atoms with Gasteiger partial charge < -0.3 is 20.1 Å². The zero-order valence-corrected chi connectivity index (χ0v) is 21.9. The van der Waals surface area contributed by atoms with E-state index in [1.54, 1.807) is 12.1 Å². The van der Waals surface area contributed by atoms with Crippen molar-refractivity contribution in [3.63, 3.8) is 0 Å². The fourth-order valence-corrected chi connectivity index (χ4v) is 6.31. The zero-order chi connectivity index (χ0) is 26.2. The fourth-order valence-electron chi connectivity index (χ4n) is 5.02. The van der Waals surface area contributed by atoms with Gasteiger partial charge >= 0.3 is 0 Å². The minimum absolute atomic E-state index is 0.00355. The van der Waals surface area contributed by atoms with Gasteiger partial charge in [-0.15, -0.1) is 0 Å². The van der Waals surface area contributed by atoms with Gasteiger partial charge in [0.25, 0.3) is 5.89 Å². The number of rotatable bonds is 9. The van der Waals surface area contributed by atoms with E-state index in [1.165, 1.54) is 0 Å². The number of nitrogens with two attached hydrogens (primary N) is 1. The average molecular weight is 528 g/mol. The Morgan fingerprint density at radius 1 is 1.27 bits per heavy atom. The van der Waals surface area contributed by atoms with Crippen molar-refractivity contribution < 1.29 is 22.8 Å². The van der Waals surface area contributed by atoms with Gasteiger partial charge in [0.15, 0.2) is 0 Å². The van der Waals surface area contributed by atoms with Crippen LogP contribution in [0.15, 0.2) is 40.9 Å². The number of hydrogen-bond acceptors (Lipinski definition) is 9. The summed E-state index contributed by atoms with van der Waals surface area (Å²) in [5.74, 6) is 1.40. The molecule has 11 heteroatoms. The molecule has 5 rings (SSSR count). The number of likely N-dealkylation sites (tertiary alicyclic amines) is 1. The molecular formula is C26H33N5O5S. The van der Waals surface area contributed by atoms with Crippen LogP contribution in [-0.2, 0) is 16.4 Å². The second-order valence-corrected chi connectivity index (χ2v) is 11.9. The van der Waals surface area contributed by atoms with E-state index in [2.05, 4.69) is 14.9 Å². The number of aromatic nitrogens is 2. The van der Waals surface area contributed by atoms with E-state index in [9.17, 15) is 13.5 Å². The van der Waals surface area contributed by atoms with Gasteiger partial charge in [-0.25, -0.2) is 13.1 Å². The molecule has 2 aliphatic rings. The molecule has 3 aromatic rings. The Morgan fingerprint density at radius 2 is 2.11 bits per heavy atom. The molecule has 198 valence electrons. The first-order valence-electron chi connectivity index (χ1n) is 12.6. The largest absolute Gasteiger partial charge is 0.489 e. The van der Waals surface area contributed by atoms with Gasteiger partial charge in [0.2, 0.25) is 15.8 Å². The van der Waals surface area contributed by atoms with Gasteiger partial charge in [0.05, 0.1) is 23.6 Å². The van der Waals surface area contributed by atoms with Gasteiger partial charge in [-0.3, -0.25) is 4.90 Å². The highest BCUT2D eigenvalue weighted by molar-refractivity contribution is 7.89. The van der Waals surface area contributed by atoms with E-state index in [0.29, 0.717) is 61.1 Å². The standard InChI is InChI=1S/C26H33N5O5S/c1-16(2)35-24-9-6-17(14-22(24)27)26-28-25(29-36-26)21-5-3-4-20-19(21)7-8-23(20)30-37(33,34)13-12-31-11-10-18(32)15-31/h3-6,9,14,16,18,23,30,32H,7-8,10-13,15,27H2,1-2H3. The Morgan fingerprint density at radius 3 is 2.84 bits per heavy atom. The molecule has 1 aromatic heterocycles. The van der Waals surface area contributed by atoms with E-state index in [1.807, 2.05) is 43.0 Å². The molecule has 0 saturated carbocycles. The van der Waals surface area contributed by atoms with Gasteiger partial charge in [0.1, 0.15) is 5.75 Å². The molecule has 0 bridgehead atoms. The number of sulfonamides is 1. The SMILES string of the molecule is CC(C)Oc1ccc(-c2nc(-c3cccc4c3CCC4NS(=O)(=O)CCN3CCC(O)C3)no2)cc1N. The number of hydrogen-bond donors (Lipinski definition) is 3. The van der Waals surface area contributed by atoms with Crippen LogP contribution in [-0.4, -0.2) is 66.2 Å². The third-order valence-electron chi connectivity index (χ3n) is 6.80. The molecule has 2 heterocycles. The van der Waals surface area contributed by atoms with Gasteiger partial charge in [-0.1, -0.05) is 23.4 Å². The molecule has 1 aliphatic heterocycles. The van der Waals surface area contributed by atoms with E-state index < -0.39 is 10.0 Å². The highest BCUT2D eigenvalue weighted by Gasteiger charge is 2.30. The first-order valence-corrected chi connectivity index (χ1v) is 14.3. The number of anilines is 1. The third-order valence-corrected chi connectivity index (χ3v) is 8.17. The van der Waals surface area contributed by atoms with Crippen LogP contribution in [0.4, 0.5) is 5.69 Å². The summed E-state index contributed by atoms with van der Waals surface area (Å²) < 4.78 is 39.7. The lowest BCUT2D eigenvalue weighted by Crippen LogP contribution is -2.35. The zero-order valence-electron chi connectivity index (χ0n) is 21.1. The number of fused-ring (bicyclic) bond motifs is 1. The first-order chi connectivity index (χ1) is 17.7. The molecule has 1 fully saturated rings. The summed E-state index contributed by atoms with van der Waals surface area (Å²) in [5.41, 5.74) is 10.1. The number of nitrogens with zero attached hydrogens (tertiary/aromatic N) is 3. The fraction of sp³-hybridized carbons (Fsp3) is 0.462. The van der Waals surface area contributed by atoms with E-state index in [0.717, 1.165) is 23.2 Å². The molecule has 0 radical (unpaired) electrons. The number of aliphatic hydroxyl groups is 1. The van der Waals surface area contributed by atoms with Crippen LogP contribution in [0.25, 0.3) is 22.8 Å². The van der Waals surface area contributed by atoms with Crippen LogP contribution in [0.3, 0.4) is 0 Å². The Balaban J connectivity index is 1.31. The Labute approximate surface area is 216 Å². The predicted molar refractivity (Wildman–Crippen MR) is 140 cm³/mol. The van der Waals surface area contributed by atoms with Crippen LogP contribution in [0.2, 0.25) is 0 Å². The summed E-state index contributed by atoms with van der Waals surface area (Å²) in [6.07, 6.45) is 1.70. The molecule has 1 aliphatic carbocycles. The van der Waals surface area contributed by atoms with Gasteiger partial charge in [-0.05, 0) is 62.4 Å². The predicted octanol–water partition coefficient (Wildman–Crippen LogP) is 2.75. The number of ether oxygens (including phenoxy) is 1. The summed E-state index contributed by atoms with van der Waals surface area (Å²) in [4.78, 5) is 6.58. The summed E-state index contributed by atoms with van der Waals surface area (Å²) in [5, 5.41) is 13.9. The number of benzene rings is 2. The van der Waals surface area contributed by atoms with E-state index >= 15 is 0 Å². The maximum absolute atomic E-state index is 12.8. The minimum atomic E-state index is -3.48. The summed E-state index contributed by atoms with van der Waals surface area (Å²) >= 11 is 0. The van der Waals surface area contributed by atoms with E-state index in [4.69, 9.17) is 15.0 Å². The van der Waals surface area contributed by atoms with Crippen LogP contribution < -0.4 is 15.2 Å². The molecule has 10 nitrogen and oxygen atoms in total. The second kappa shape index (κ2) is 10.4. The van der Waals surface area contributed by atoms with Crippen molar-refractivity contribution in [1.82, 2.24) is 19.8 Å². The van der Waals surface area contributed by atoms with Crippen molar-refractivity contribution in [2.45, 2.75) is 51.4 Å². The van der Waals surface area contributed by atoms with Crippen LogP contribution in [0, 0.1) is 0 Å². The smallest absolute Gasteiger partial charge is 0.258 e. The molecule has 2 unspecified atom stereocenters. The minimum Gasteiger partial charge on any atom is -0.489 e. The molecule has 0 spiro atoms. The molecule has 37 heavy (non-hydrogen) atoms. The van der Waals surface area contributed by atoms with Crippen molar-refractivity contribution in [1.29, 1.82) is 0 Å². The number of β-amino-alcohol motifs (C(OH)–C–C–N with tert-alkyl or cyclic N) is 1. The summed E-state index contributed by atoms with van der Waals surface area (Å²) in [6.45, 7) is 5.53. The highest BCUT2D eigenvalue weighted by atomic mass is 32.2. The lowest BCUT2D eigenvalue weighted by Gasteiger charge is -2.18. The van der Waals surface area contributed by atoms with Gasteiger partial charge in [-0.2, -0.15) is 4.98 Å². The molecule has 0 amide bonds. The van der Waals surface area contributed by atoms with E-state index in [-0.39, 0.29) is 24.0 Å². The lowest BCUT2D eigenvalue weighted by molar-refractivity contribution is 0.178. The van der Waals surface area contributed by atoms with Crippen molar-refractivity contribution in [3.05, 3.63) is 47.5 Å². The van der Waals surface area contributed by atoms with Crippen molar-refractivity contribution in [2.24, 2.45) is 0 Å². The van der Waals surface area contributed by atoms with Crippen molar-refractivity contribution in [3.8, 4) is 28.6 Å². The quantitative estimate of drug-likeness (QED) is 0.358. The molecule has 1 saturated heterocycles. The highest BCUT2D eigenvalue weighted by Crippen LogP contribution is 2.38. The van der Waals surface area contributed by atoms with Crippen LogP contribution in [0.1, 0.15) is 43.9 Å². The topological polar surface area (TPSA) is 144 Å². The molecular weight excluding hydrogens is 494 g/mol. The van der Waals surface area contributed by atoms with Crippen LogP contribution in [0.5, 0.6) is 5.75 Å². The number of nitrogens with one attached hydrogen (secondary N) is 1. The molecule has 2 atom stereocenters.